The van der Waals surface area contributed by atoms with Crippen molar-refractivity contribution in [3.63, 3.8) is 0 Å². The van der Waals surface area contributed by atoms with E-state index in [4.69, 9.17) is 26.8 Å². The molecule has 204 valence electrons. The minimum absolute atomic E-state index is 0.180. The first-order valence-electron chi connectivity index (χ1n) is 11.3. The second-order valence-electron chi connectivity index (χ2n) is 7.31. The molecule has 2 rings (SSSR count). The van der Waals surface area contributed by atoms with Gasteiger partial charge in [0.1, 0.15) is 0 Å². The monoisotopic (exact) mass is 538 g/mol. The lowest BCUT2D eigenvalue weighted by atomic mass is 10.3. The quantitative estimate of drug-likeness (QED) is 0.248. The molecular formula is C24H35ClN6O6. The maximum Gasteiger partial charge on any atom is 0.358 e. The molecule has 0 bridgehead atoms. The molecule has 0 unspecified atom stereocenters. The van der Waals surface area contributed by atoms with E-state index in [0.717, 1.165) is 0 Å². The summed E-state index contributed by atoms with van der Waals surface area (Å²) in [5.41, 5.74) is 6.79. The standard InChI is InChI=1S/C12H17N3O3.C8H13N3O2.C4H5ClO/c1-4-18-12(17)10-7-15(8-14-10)6-5-13-11(16)9(2)3;1-2-13-8(12)7-5-11(4-3-9)6-10-7;1-3(2)4(5)6/h7-8H,2,4-6H2,1,3H3,(H,13,16);5-6H,2-4,9H2,1H3;1H2,2H3. The Labute approximate surface area is 221 Å². The van der Waals surface area contributed by atoms with Gasteiger partial charge < -0.3 is 29.7 Å². The Hall–Kier alpha value is -3.77. The Morgan fingerprint density at radius 2 is 1.35 bits per heavy atom. The molecule has 13 heteroatoms. The molecule has 0 saturated carbocycles. The van der Waals surface area contributed by atoms with Crippen molar-refractivity contribution in [2.24, 2.45) is 5.73 Å². The normalized spacial score (nSPS) is 9.57. The van der Waals surface area contributed by atoms with Crippen molar-refractivity contribution in [1.29, 1.82) is 0 Å². The van der Waals surface area contributed by atoms with E-state index in [1.54, 1.807) is 55.6 Å². The first-order chi connectivity index (χ1) is 17.5. The maximum absolute atomic E-state index is 11.3. The molecule has 3 N–H and O–H groups in total. The van der Waals surface area contributed by atoms with Crippen molar-refractivity contribution in [1.82, 2.24) is 24.4 Å². The second kappa shape index (κ2) is 18.5. The predicted molar refractivity (Wildman–Crippen MR) is 139 cm³/mol. The second-order valence-corrected chi connectivity index (χ2v) is 7.66. The first kappa shape index (κ1) is 33.2. The molecule has 0 aromatic carbocycles. The van der Waals surface area contributed by atoms with Crippen LogP contribution < -0.4 is 11.1 Å². The highest BCUT2D eigenvalue weighted by Gasteiger charge is 2.10. The molecule has 0 fully saturated rings. The van der Waals surface area contributed by atoms with Gasteiger partial charge in [0.25, 0.3) is 0 Å². The third-order valence-corrected chi connectivity index (χ3v) is 4.32. The van der Waals surface area contributed by atoms with Gasteiger partial charge in [-0.1, -0.05) is 13.2 Å². The summed E-state index contributed by atoms with van der Waals surface area (Å²) >= 11 is 4.87. The third kappa shape index (κ3) is 14.4. The van der Waals surface area contributed by atoms with Crippen LogP contribution in [0.3, 0.4) is 0 Å². The number of carbonyl (C=O) groups excluding carboxylic acids is 4. The van der Waals surface area contributed by atoms with Crippen LogP contribution in [0.2, 0.25) is 0 Å². The van der Waals surface area contributed by atoms with Gasteiger partial charge in [0.15, 0.2) is 11.4 Å². The summed E-state index contributed by atoms with van der Waals surface area (Å²) < 4.78 is 13.1. The molecule has 0 spiro atoms. The summed E-state index contributed by atoms with van der Waals surface area (Å²) in [5, 5.41) is 2.23. The summed E-state index contributed by atoms with van der Waals surface area (Å²) in [6.45, 7) is 16.4. The molecule has 0 aliphatic rings. The molecule has 37 heavy (non-hydrogen) atoms. The van der Waals surface area contributed by atoms with Crippen LogP contribution in [0.25, 0.3) is 0 Å². The number of nitrogens with one attached hydrogen (secondary N) is 1. The van der Waals surface area contributed by atoms with E-state index < -0.39 is 17.2 Å². The topological polar surface area (TPSA) is 160 Å². The summed E-state index contributed by atoms with van der Waals surface area (Å²) in [4.78, 5) is 51.3. The Morgan fingerprint density at radius 3 is 1.70 bits per heavy atom. The molecule has 0 saturated heterocycles. The van der Waals surface area contributed by atoms with Gasteiger partial charge in [-0.2, -0.15) is 0 Å². The number of aromatic nitrogens is 4. The molecule has 0 radical (unpaired) electrons. The van der Waals surface area contributed by atoms with Crippen LogP contribution in [-0.4, -0.2) is 68.5 Å². The molecule has 2 aromatic rings. The number of nitrogens with zero attached hydrogens (tertiary/aromatic N) is 4. The van der Waals surface area contributed by atoms with Crippen LogP contribution in [0, 0.1) is 0 Å². The summed E-state index contributed by atoms with van der Waals surface area (Å²) in [6, 6.07) is 0. The van der Waals surface area contributed by atoms with E-state index in [9.17, 15) is 19.2 Å². The zero-order valence-electron chi connectivity index (χ0n) is 21.7. The minimum atomic E-state index is -0.463. The number of carbonyl (C=O) groups is 4. The number of allylic oxidation sites excluding steroid dienone is 1. The zero-order chi connectivity index (χ0) is 28.4. The SMILES string of the molecule is C=C(C)C(=O)Cl.C=C(C)C(=O)NCCn1cnc(C(=O)OCC)c1.CCOC(=O)c1cn(CCN)cn1. The van der Waals surface area contributed by atoms with Gasteiger partial charge in [-0.25, -0.2) is 19.6 Å². The number of halogens is 1. The number of nitrogens with two attached hydrogens (primary N) is 1. The molecule has 0 aliphatic carbocycles. The third-order valence-electron chi connectivity index (χ3n) is 4.00. The Bertz CT molecular complexity index is 1050. The van der Waals surface area contributed by atoms with Crippen molar-refractivity contribution < 1.29 is 28.7 Å². The van der Waals surface area contributed by atoms with Gasteiger partial charge in [0, 0.05) is 49.7 Å². The average Bonchev–Trinajstić information content (AvgIpc) is 3.50. The van der Waals surface area contributed by atoms with E-state index in [1.165, 1.54) is 6.33 Å². The summed E-state index contributed by atoms with van der Waals surface area (Å²) in [7, 11) is 0. The lowest BCUT2D eigenvalue weighted by Gasteiger charge is -2.04. The fraction of sp³-hybridized carbons (Fsp3) is 0.417. The van der Waals surface area contributed by atoms with E-state index in [-0.39, 0.29) is 11.6 Å². The molecular weight excluding hydrogens is 504 g/mol. The Balaban J connectivity index is 0.000000594. The number of esters is 2. The maximum atomic E-state index is 11.3. The van der Waals surface area contributed by atoms with E-state index in [0.29, 0.717) is 56.2 Å². The Morgan fingerprint density at radius 1 is 0.919 bits per heavy atom. The molecule has 12 nitrogen and oxygen atoms in total. The number of imidazole rings is 2. The number of ether oxygens (including phenoxy) is 2. The van der Waals surface area contributed by atoms with Crippen LogP contribution in [0.15, 0.2) is 49.4 Å². The van der Waals surface area contributed by atoms with E-state index >= 15 is 0 Å². The number of hydrogen-bond acceptors (Lipinski definition) is 9. The van der Waals surface area contributed by atoms with Crippen molar-refractivity contribution in [3.05, 3.63) is 60.7 Å². The molecule has 0 aliphatic heterocycles. The van der Waals surface area contributed by atoms with Gasteiger partial charge in [-0.05, 0) is 39.3 Å². The van der Waals surface area contributed by atoms with Crippen LogP contribution in [-0.2, 0) is 32.2 Å². The van der Waals surface area contributed by atoms with E-state index in [1.807, 2.05) is 0 Å². The molecule has 0 atom stereocenters. The smallest absolute Gasteiger partial charge is 0.358 e. The van der Waals surface area contributed by atoms with Crippen molar-refractivity contribution in [3.8, 4) is 0 Å². The molecule has 2 aromatic heterocycles. The highest BCUT2D eigenvalue weighted by molar-refractivity contribution is 6.67. The van der Waals surface area contributed by atoms with Gasteiger partial charge in [-0.3, -0.25) is 9.59 Å². The van der Waals surface area contributed by atoms with Gasteiger partial charge in [-0.15, -0.1) is 0 Å². The first-order valence-corrected chi connectivity index (χ1v) is 11.7. The predicted octanol–water partition coefficient (Wildman–Crippen LogP) is 2.10. The number of rotatable bonds is 11. The van der Waals surface area contributed by atoms with Gasteiger partial charge in [0.05, 0.1) is 25.9 Å². The minimum Gasteiger partial charge on any atom is -0.461 e. The lowest BCUT2D eigenvalue weighted by Crippen LogP contribution is -2.27. The highest BCUT2D eigenvalue weighted by Crippen LogP contribution is 1.99. The fourth-order valence-electron chi connectivity index (χ4n) is 2.18. The van der Waals surface area contributed by atoms with Crippen LogP contribution >= 0.6 is 11.6 Å². The van der Waals surface area contributed by atoms with Crippen molar-refractivity contribution >= 4 is 34.7 Å². The Kier molecular flexibility index (Phi) is 16.6. The van der Waals surface area contributed by atoms with Crippen LogP contribution in [0.1, 0.15) is 48.7 Å². The largest absolute Gasteiger partial charge is 0.461 e. The summed E-state index contributed by atoms with van der Waals surface area (Å²) in [5.74, 6) is -1.01. The number of hydrogen-bond donors (Lipinski definition) is 2. The van der Waals surface area contributed by atoms with Gasteiger partial charge in [0.2, 0.25) is 11.1 Å². The molecule has 1 amide bonds. The molecule has 2 heterocycles. The average molecular weight is 539 g/mol. The number of amides is 1. The van der Waals surface area contributed by atoms with Crippen molar-refractivity contribution in [2.45, 2.75) is 40.8 Å². The fourth-order valence-corrected chi connectivity index (χ4v) is 2.18. The highest BCUT2D eigenvalue weighted by atomic mass is 35.5. The van der Waals surface area contributed by atoms with Gasteiger partial charge >= 0.3 is 11.9 Å². The van der Waals surface area contributed by atoms with Crippen LogP contribution in [0.5, 0.6) is 0 Å². The van der Waals surface area contributed by atoms with E-state index in [2.05, 4.69) is 28.4 Å². The van der Waals surface area contributed by atoms with Crippen LogP contribution in [0.4, 0.5) is 0 Å². The lowest BCUT2D eigenvalue weighted by molar-refractivity contribution is -0.117. The zero-order valence-corrected chi connectivity index (χ0v) is 22.4. The summed E-state index contributed by atoms with van der Waals surface area (Å²) in [6.07, 6.45) is 6.31. The van der Waals surface area contributed by atoms with Crippen molar-refractivity contribution in [2.75, 3.05) is 26.3 Å².